The fourth-order valence-corrected chi connectivity index (χ4v) is 3.07. The van der Waals surface area contributed by atoms with Crippen molar-refractivity contribution in [2.45, 2.75) is 32.4 Å². The largest absolute Gasteiger partial charge is 0.465 e. The van der Waals surface area contributed by atoms with Crippen LogP contribution in [0.5, 0.6) is 0 Å². The van der Waals surface area contributed by atoms with Gasteiger partial charge >= 0.3 is 5.97 Å². The average Bonchev–Trinajstić information content (AvgIpc) is 2.98. The Balaban J connectivity index is 1.85. The Morgan fingerprint density at radius 3 is 3.00 bits per heavy atom. The van der Waals surface area contributed by atoms with Crippen molar-refractivity contribution in [3.8, 4) is 0 Å². The molecule has 138 valence electrons. The van der Waals surface area contributed by atoms with Gasteiger partial charge in [-0.05, 0) is 30.7 Å². The van der Waals surface area contributed by atoms with Crippen molar-refractivity contribution < 1.29 is 13.9 Å². The van der Waals surface area contributed by atoms with Gasteiger partial charge in [-0.15, -0.1) is 0 Å². The first-order valence-electron chi connectivity index (χ1n) is 8.76. The summed E-state index contributed by atoms with van der Waals surface area (Å²) in [7, 11) is 1.33. The first-order chi connectivity index (χ1) is 12.6. The van der Waals surface area contributed by atoms with E-state index in [9.17, 15) is 9.18 Å². The van der Waals surface area contributed by atoms with Gasteiger partial charge in [-0.1, -0.05) is 19.8 Å². The second-order valence-electron chi connectivity index (χ2n) is 6.18. The molecule has 0 aliphatic carbocycles. The Bertz CT molecular complexity index is 784. The fourth-order valence-electron chi connectivity index (χ4n) is 3.07. The third-order valence-electron chi connectivity index (χ3n) is 4.39. The minimum Gasteiger partial charge on any atom is -0.465 e. The SMILES string of the molecule is CCCCCN1NC(Nc2cnccc2C(=O)OC)c2cc(F)ccc21. The van der Waals surface area contributed by atoms with Crippen LogP contribution in [0.15, 0.2) is 36.7 Å². The smallest absolute Gasteiger partial charge is 0.340 e. The number of hydrazine groups is 1. The van der Waals surface area contributed by atoms with E-state index in [1.807, 2.05) is 5.01 Å². The maximum Gasteiger partial charge on any atom is 0.340 e. The standard InChI is InChI=1S/C19H23FN4O2/c1-3-4-5-10-24-17-7-6-13(20)11-15(17)18(23-24)22-16-12-21-9-8-14(16)19(25)26-2/h6-9,11-12,18,22-23H,3-5,10H2,1-2H3. The van der Waals surface area contributed by atoms with Gasteiger partial charge in [0.1, 0.15) is 12.0 Å². The summed E-state index contributed by atoms with van der Waals surface area (Å²) >= 11 is 0. The number of aromatic nitrogens is 1. The molecule has 0 fully saturated rings. The maximum atomic E-state index is 13.8. The Morgan fingerprint density at radius 1 is 1.38 bits per heavy atom. The molecule has 0 bridgehead atoms. The van der Waals surface area contributed by atoms with Crippen molar-refractivity contribution in [2.24, 2.45) is 0 Å². The molecule has 1 unspecified atom stereocenters. The van der Waals surface area contributed by atoms with Gasteiger partial charge in [0.05, 0.1) is 30.2 Å². The normalized spacial score (nSPS) is 15.7. The zero-order chi connectivity index (χ0) is 18.5. The monoisotopic (exact) mass is 358 g/mol. The number of esters is 1. The number of hydrogen-bond donors (Lipinski definition) is 2. The van der Waals surface area contributed by atoms with E-state index in [1.165, 1.54) is 25.4 Å². The first-order valence-corrected chi connectivity index (χ1v) is 8.76. The van der Waals surface area contributed by atoms with Crippen LogP contribution in [0.2, 0.25) is 0 Å². The van der Waals surface area contributed by atoms with Crippen LogP contribution in [-0.2, 0) is 4.74 Å². The number of nitrogens with one attached hydrogen (secondary N) is 2. The summed E-state index contributed by atoms with van der Waals surface area (Å²) in [6.07, 6.45) is 6.02. The number of fused-ring (bicyclic) bond motifs is 1. The van der Waals surface area contributed by atoms with Crippen LogP contribution in [0.25, 0.3) is 0 Å². The van der Waals surface area contributed by atoms with Gasteiger partial charge in [0.15, 0.2) is 0 Å². The van der Waals surface area contributed by atoms with Gasteiger partial charge in [-0.3, -0.25) is 4.98 Å². The summed E-state index contributed by atoms with van der Waals surface area (Å²) in [5, 5.41) is 5.27. The number of nitrogens with zero attached hydrogens (tertiary/aromatic N) is 2. The van der Waals surface area contributed by atoms with E-state index in [2.05, 4.69) is 22.7 Å². The number of benzene rings is 1. The van der Waals surface area contributed by atoms with Crippen LogP contribution in [-0.4, -0.2) is 24.6 Å². The van der Waals surface area contributed by atoms with Crippen molar-refractivity contribution in [3.63, 3.8) is 0 Å². The van der Waals surface area contributed by atoms with E-state index in [0.29, 0.717) is 11.3 Å². The second-order valence-corrected chi connectivity index (χ2v) is 6.18. The third-order valence-corrected chi connectivity index (χ3v) is 4.39. The molecule has 6 nitrogen and oxygen atoms in total. The molecule has 26 heavy (non-hydrogen) atoms. The van der Waals surface area contributed by atoms with Crippen molar-refractivity contribution >= 4 is 17.3 Å². The Hall–Kier alpha value is -2.67. The number of methoxy groups -OCH3 is 1. The minimum absolute atomic E-state index is 0.299. The molecule has 0 amide bonds. The lowest BCUT2D eigenvalue weighted by molar-refractivity contribution is 0.0601. The van der Waals surface area contributed by atoms with Gasteiger partial charge in [-0.25, -0.2) is 14.6 Å². The maximum absolute atomic E-state index is 13.8. The van der Waals surface area contributed by atoms with Gasteiger partial charge in [0.2, 0.25) is 0 Å². The number of ether oxygens (including phenoxy) is 1. The highest BCUT2D eigenvalue weighted by molar-refractivity contribution is 5.95. The summed E-state index contributed by atoms with van der Waals surface area (Å²) in [5.41, 5.74) is 5.99. The Morgan fingerprint density at radius 2 is 2.23 bits per heavy atom. The molecule has 7 heteroatoms. The van der Waals surface area contributed by atoms with Crippen LogP contribution in [0.4, 0.5) is 15.8 Å². The molecule has 2 heterocycles. The minimum atomic E-state index is -0.452. The van der Waals surface area contributed by atoms with E-state index in [-0.39, 0.29) is 12.0 Å². The number of hydrogen-bond acceptors (Lipinski definition) is 6. The van der Waals surface area contributed by atoms with E-state index in [1.54, 1.807) is 18.3 Å². The molecular weight excluding hydrogens is 335 g/mol. The number of unbranched alkanes of at least 4 members (excludes halogenated alkanes) is 2. The van der Waals surface area contributed by atoms with Crippen LogP contribution < -0.4 is 15.8 Å². The molecule has 1 aromatic heterocycles. The van der Waals surface area contributed by atoms with Crippen molar-refractivity contribution in [2.75, 3.05) is 24.0 Å². The predicted octanol–water partition coefficient (Wildman–Crippen LogP) is 3.63. The van der Waals surface area contributed by atoms with Gasteiger partial charge in [-0.2, -0.15) is 0 Å². The van der Waals surface area contributed by atoms with E-state index < -0.39 is 5.97 Å². The average molecular weight is 358 g/mol. The lowest BCUT2D eigenvalue weighted by Crippen LogP contribution is -2.37. The van der Waals surface area contributed by atoms with E-state index in [4.69, 9.17) is 4.74 Å². The molecule has 1 aliphatic rings. The van der Waals surface area contributed by atoms with Crippen molar-refractivity contribution in [1.29, 1.82) is 0 Å². The lowest BCUT2D eigenvalue weighted by atomic mass is 10.1. The van der Waals surface area contributed by atoms with E-state index in [0.717, 1.165) is 37.1 Å². The number of rotatable bonds is 7. The van der Waals surface area contributed by atoms with Gasteiger partial charge in [0, 0.05) is 18.3 Å². The second kappa shape index (κ2) is 8.14. The van der Waals surface area contributed by atoms with Crippen LogP contribution in [0.3, 0.4) is 0 Å². The zero-order valence-electron chi connectivity index (χ0n) is 15.0. The summed E-state index contributed by atoms with van der Waals surface area (Å²) in [6, 6.07) is 6.33. The van der Waals surface area contributed by atoms with Crippen LogP contribution in [0, 0.1) is 5.82 Å². The fraction of sp³-hybridized carbons (Fsp3) is 0.368. The lowest BCUT2D eigenvalue weighted by Gasteiger charge is -2.22. The highest BCUT2D eigenvalue weighted by Gasteiger charge is 2.29. The summed E-state index contributed by atoms with van der Waals surface area (Å²) < 4.78 is 18.6. The molecule has 0 saturated heterocycles. The van der Waals surface area contributed by atoms with E-state index >= 15 is 0 Å². The number of pyridine rings is 1. The molecule has 0 spiro atoms. The molecule has 0 radical (unpaired) electrons. The predicted molar refractivity (Wildman–Crippen MR) is 98.3 cm³/mol. The van der Waals surface area contributed by atoms with Gasteiger partial charge < -0.3 is 15.1 Å². The third kappa shape index (κ3) is 3.77. The molecule has 3 rings (SSSR count). The summed E-state index contributed by atoms with van der Waals surface area (Å²) in [4.78, 5) is 16.0. The molecular formula is C19H23FN4O2. The summed E-state index contributed by atoms with van der Waals surface area (Å²) in [5.74, 6) is -0.751. The number of anilines is 2. The number of carbonyl (C=O) groups excluding carboxylic acids is 1. The van der Waals surface area contributed by atoms with Crippen LogP contribution in [0.1, 0.15) is 48.3 Å². The molecule has 2 N–H and O–H groups in total. The van der Waals surface area contributed by atoms with Crippen molar-refractivity contribution in [3.05, 3.63) is 53.6 Å². The molecule has 1 aromatic carbocycles. The van der Waals surface area contributed by atoms with Gasteiger partial charge in [0.25, 0.3) is 0 Å². The molecule has 0 saturated carbocycles. The topological polar surface area (TPSA) is 66.5 Å². The number of halogens is 1. The quantitative estimate of drug-likeness (QED) is 0.582. The number of carbonyl (C=O) groups is 1. The Labute approximate surface area is 152 Å². The molecule has 1 aliphatic heterocycles. The zero-order valence-corrected chi connectivity index (χ0v) is 15.0. The first kappa shape index (κ1) is 18.1. The Kier molecular flexibility index (Phi) is 5.68. The molecule has 1 atom stereocenters. The molecule has 2 aromatic rings. The summed E-state index contributed by atoms with van der Waals surface area (Å²) in [6.45, 7) is 2.98. The van der Waals surface area contributed by atoms with Crippen LogP contribution >= 0.6 is 0 Å². The highest BCUT2D eigenvalue weighted by atomic mass is 19.1. The van der Waals surface area contributed by atoms with Crippen molar-refractivity contribution in [1.82, 2.24) is 10.4 Å². The highest BCUT2D eigenvalue weighted by Crippen LogP contribution is 2.34.